The average molecular weight is 292 g/mol. The van der Waals surface area contributed by atoms with Crippen LogP contribution in [0.5, 0.6) is 0 Å². The fourth-order valence-electron chi connectivity index (χ4n) is 2.84. The minimum Gasteiger partial charge on any atom is -0.544 e. The van der Waals surface area contributed by atoms with Crippen molar-refractivity contribution < 1.29 is 8.82 Å². The number of benzene rings is 1. The third kappa shape index (κ3) is 4.20. The normalized spacial score (nSPS) is 25.0. The lowest BCUT2D eigenvalue weighted by molar-refractivity contribution is 0.452. The summed E-state index contributed by atoms with van der Waals surface area (Å²) in [5.41, 5.74) is 1.01. The van der Waals surface area contributed by atoms with Gasteiger partial charge in [0.2, 0.25) is 8.32 Å². The van der Waals surface area contributed by atoms with Gasteiger partial charge in [0.05, 0.1) is 0 Å². The molecule has 0 N–H and O–H groups in total. The Balaban J connectivity index is 2.31. The van der Waals surface area contributed by atoms with E-state index < -0.39 is 8.32 Å². The Kier molecular flexibility index (Phi) is 5.03. The van der Waals surface area contributed by atoms with Crippen LogP contribution in [0.15, 0.2) is 30.3 Å². The van der Waals surface area contributed by atoms with Gasteiger partial charge >= 0.3 is 0 Å². The van der Waals surface area contributed by atoms with Gasteiger partial charge < -0.3 is 4.43 Å². The van der Waals surface area contributed by atoms with Gasteiger partial charge in [-0.1, -0.05) is 19.8 Å². The van der Waals surface area contributed by atoms with Crippen molar-refractivity contribution in [3.63, 3.8) is 0 Å². The van der Waals surface area contributed by atoms with Gasteiger partial charge in [0, 0.05) is 5.56 Å². The molecule has 110 valence electrons. The molecule has 0 fully saturated rings. The molecule has 1 aliphatic heterocycles. The summed E-state index contributed by atoms with van der Waals surface area (Å²) in [6.07, 6.45) is 7.19. The molecule has 0 radical (unpaired) electrons. The van der Waals surface area contributed by atoms with Gasteiger partial charge in [0.15, 0.2) is 0 Å². The van der Waals surface area contributed by atoms with E-state index in [1.165, 1.54) is 43.9 Å². The van der Waals surface area contributed by atoms with E-state index >= 15 is 0 Å². The largest absolute Gasteiger partial charge is 0.544 e. The molecule has 0 bridgehead atoms. The van der Waals surface area contributed by atoms with E-state index in [1.54, 1.807) is 0 Å². The minimum absolute atomic E-state index is 0.193. The van der Waals surface area contributed by atoms with Crippen LogP contribution in [0.3, 0.4) is 0 Å². The number of rotatable bonds is 3. The maximum absolute atomic E-state index is 13.1. The van der Waals surface area contributed by atoms with Crippen LogP contribution in [0, 0.1) is 11.7 Å². The van der Waals surface area contributed by atoms with Crippen molar-refractivity contribution in [2.75, 3.05) is 0 Å². The summed E-state index contributed by atoms with van der Waals surface area (Å²) in [5, 5.41) is 0. The van der Waals surface area contributed by atoms with Crippen molar-refractivity contribution in [2.45, 2.75) is 51.7 Å². The van der Waals surface area contributed by atoms with E-state index in [1.807, 2.05) is 12.1 Å². The van der Waals surface area contributed by atoms with Gasteiger partial charge in [-0.05, 0) is 68.2 Å². The van der Waals surface area contributed by atoms with E-state index in [2.05, 4.69) is 26.1 Å². The van der Waals surface area contributed by atoms with Crippen LogP contribution in [0.25, 0.3) is 5.76 Å². The maximum Gasteiger partial charge on any atom is 0.245 e. The van der Waals surface area contributed by atoms with Gasteiger partial charge in [0.1, 0.15) is 11.6 Å². The zero-order valence-corrected chi connectivity index (χ0v) is 13.8. The van der Waals surface area contributed by atoms with E-state index in [4.69, 9.17) is 4.43 Å². The molecule has 1 atom stereocenters. The second-order valence-electron chi connectivity index (χ2n) is 6.34. The molecule has 1 aliphatic rings. The highest BCUT2D eigenvalue weighted by Gasteiger charge is 2.28. The van der Waals surface area contributed by atoms with Crippen LogP contribution >= 0.6 is 0 Å². The zero-order chi connectivity index (χ0) is 14.6. The van der Waals surface area contributed by atoms with Crippen LogP contribution in [0.1, 0.15) is 38.2 Å². The summed E-state index contributed by atoms with van der Waals surface area (Å²) in [6.45, 7) is 6.76. The quantitative estimate of drug-likeness (QED) is 0.659. The molecule has 20 heavy (non-hydrogen) atoms. The highest BCUT2D eigenvalue weighted by Crippen LogP contribution is 2.32. The standard InChI is InChI=1S/C17H25FOSi/c1-4-6-14-7-5-12-20(2,3)19-17(13-14)15-8-10-16(18)11-9-15/h8-11,13-14H,4-7,12H2,1-3H3/b17-13-. The predicted octanol–water partition coefficient (Wildman–Crippen LogP) is 5.60. The molecule has 1 aromatic carbocycles. The molecule has 2 rings (SSSR count). The molecule has 1 nitrogen and oxygen atoms in total. The first-order chi connectivity index (χ1) is 9.50. The van der Waals surface area contributed by atoms with Crippen LogP contribution in [0.4, 0.5) is 4.39 Å². The second kappa shape index (κ2) is 6.57. The van der Waals surface area contributed by atoms with Gasteiger partial charge in [-0.3, -0.25) is 0 Å². The average Bonchev–Trinajstić information content (AvgIpc) is 2.36. The summed E-state index contributed by atoms with van der Waals surface area (Å²) in [4.78, 5) is 0. The van der Waals surface area contributed by atoms with Crippen molar-refractivity contribution in [2.24, 2.45) is 5.92 Å². The number of halogens is 1. The maximum atomic E-state index is 13.1. The highest BCUT2D eigenvalue weighted by atomic mass is 28.4. The first-order valence-electron chi connectivity index (χ1n) is 7.67. The molecule has 0 amide bonds. The Bertz CT molecular complexity index is 464. The van der Waals surface area contributed by atoms with Gasteiger partial charge in [-0.25, -0.2) is 4.39 Å². The Hall–Kier alpha value is -1.09. The van der Waals surface area contributed by atoms with Gasteiger partial charge in [-0.15, -0.1) is 0 Å². The fraction of sp³-hybridized carbons (Fsp3) is 0.529. The molecule has 3 heteroatoms. The van der Waals surface area contributed by atoms with E-state index in [0.29, 0.717) is 5.92 Å². The Labute approximate surface area is 123 Å². The summed E-state index contributed by atoms with van der Waals surface area (Å²) in [6, 6.07) is 7.89. The third-order valence-corrected chi connectivity index (χ3v) is 6.25. The number of hydrogen-bond donors (Lipinski definition) is 0. The lowest BCUT2D eigenvalue weighted by Crippen LogP contribution is -2.30. The van der Waals surface area contributed by atoms with Crippen molar-refractivity contribution >= 4 is 14.1 Å². The third-order valence-electron chi connectivity index (χ3n) is 3.92. The number of hydrogen-bond acceptors (Lipinski definition) is 1. The summed E-state index contributed by atoms with van der Waals surface area (Å²) in [5.74, 6) is 1.37. The monoisotopic (exact) mass is 292 g/mol. The summed E-state index contributed by atoms with van der Waals surface area (Å²) in [7, 11) is -1.65. The molecule has 0 aliphatic carbocycles. The van der Waals surface area contributed by atoms with Crippen molar-refractivity contribution in [3.05, 3.63) is 41.7 Å². The van der Waals surface area contributed by atoms with E-state index in [9.17, 15) is 4.39 Å². The highest BCUT2D eigenvalue weighted by molar-refractivity contribution is 6.71. The SMILES string of the molecule is CCCC1/C=C(/c2ccc(F)cc2)O[Si](C)(C)CCC1. The topological polar surface area (TPSA) is 9.23 Å². The molecular weight excluding hydrogens is 267 g/mol. The smallest absolute Gasteiger partial charge is 0.245 e. The van der Waals surface area contributed by atoms with Gasteiger partial charge in [0.25, 0.3) is 0 Å². The zero-order valence-electron chi connectivity index (χ0n) is 12.8. The molecule has 1 unspecified atom stereocenters. The molecular formula is C17H25FOSi. The summed E-state index contributed by atoms with van der Waals surface area (Å²) >= 11 is 0. The predicted molar refractivity (Wildman–Crippen MR) is 85.4 cm³/mol. The molecule has 0 saturated carbocycles. The van der Waals surface area contributed by atoms with Crippen LogP contribution in [-0.2, 0) is 4.43 Å². The molecule has 0 aromatic heterocycles. The number of allylic oxidation sites excluding steroid dienone is 1. The first kappa shape index (κ1) is 15.3. The van der Waals surface area contributed by atoms with Gasteiger partial charge in [-0.2, -0.15) is 0 Å². The van der Waals surface area contributed by atoms with Crippen molar-refractivity contribution in [3.8, 4) is 0 Å². The molecule has 0 saturated heterocycles. The molecule has 1 aromatic rings. The summed E-state index contributed by atoms with van der Waals surface area (Å²) < 4.78 is 19.5. The van der Waals surface area contributed by atoms with Crippen molar-refractivity contribution in [1.82, 2.24) is 0 Å². The fourth-order valence-corrected chi connectivity index (χ4v) is 4.78. The second-order valence-corrected chi connectivity index (χ2v) is 10.6. The van der Waals surface area contributed by atoms with E-state index in [0.717, 1.165) is 11.3 Å². The minimum atomic E-state index is -1.65. The Morgan fingerprint density at radius 2 is 1.95 bits per heavy atom. The van der Waals surface area contributed by atoms with Crippen LogP contribution in [0.2, 0.25) is 19.1 Å². The molecule has 1 heterocycles. The Morgan fingerprint density at radius 3 is 2.60 bits per heavy atom. The molecule has 0 spiro atoms. The van der Waals surface area contributed by atoms with Crippen LogP contribution < -0.4 is 0 Å². The van der Waals surface area contributed by atoms with E-state index in [-0.39, 0.29) is 5.82 Å². The van der Waals surface area contributed by atoms with Crippen molar-refractivity contribution in [1.29, 1.82) is 0 Å². The lowest BCUT2D eigenvalue weighted by Gasteiger charge is -2.30. The first-order valence-corrected chi connectivity index (χ1v) is 10.8. The van der Waals surface area contributed by atoms with Crippen LogP contribution in [-0.4, -0.2) is 8.32 Å². The lowest BCUT2D eigenvalue weighted by atomic mass is 9.96. The Morgan fingerprint density at radius 1 is 1.25 bits per heavy atom.